The quantitative estimate of drug-likeness (QED) is 0.489. The molecule has 1 amide bonds. The SMILES string of the molecule is COc1ccc(C(NC(=O)Cn2nc(C)c([N+](=O)[O-])c2C)c2ccccc2)cc1. The van der Waals surface area contributed by atoms with Gasteiger partial charge in [-0.1, -0.05) is 42.5 Å². The maximum atomic E-state index is 12.8. The van der Waals surface area contributed by atoms with Crippen LogP contribution >= 0.6 is 0 Å². The van der Waals surface area contributed by atoms with Gasteiger partial charge in [-0.3, -0.25) is 19.6 Å². The first kappa shape index (κ1) is 20.1. The predicted molar refractivity (Wildman–Crippen MR) is 108 cm³/mol. The molecule has 0 aliphatic carbocycles. The van der Waals surface area contributed by atoms with Crippen LogP contribution in [0.25, 0.3) is 0 Å². The Balaban J connectivity index is 1.85. The summed E-state index contributed by atoms with van der Waals surface area (Å²) < 4.78 is 6.57. The van der Waals surface area contributed by atoms with Gasteiger partial charge in [0.25, 0.3) is 0 Å². The number of methoxy groups -OCH3 is 1. The third-order valence-corrected chi connectivity index (χ3v) is 4.71. The number of hydrogen-bond acceptors (Lipinski definition) is 5. The summed E-state index contributed by atoms with van der Waals surface area (Å²) in [7, 11) is 1.60. The second kappa shape index (κ2) is 8.55. The zero-order valence-corrected chi connectivity index (χ0v) is 16.5. The Bertz CT molecular complexity index is 1010. The van der Waals surface area contributed by atoms with E-state index in [1.54, 1.807) is 21.0 Å². The molecule has 0 saturated carbocycles. The minimum atomic E-state index is -0.476. The minimum absolute atomic E-state index is 0.0624. The van der Waals surface area contributed by atoms with E-state index in [1.807, 2.05) is 54.6 Å². The second-order valence-corrected chi connectivity index (χ2v) is 6.62. The molecule has 2 aromatic carbocycles. The van der Waals surface area contributed by atoms with Gasteiger partial charge in [0.05, 0.1) is 18.1 Å². The van der Waals surface area contributed by atoms with Crippen LogP contribution in [-0.4, -0.2) is 27.7 Å². The average molecular weight is 394 g/mol. The van der Waals surface area contributed by atoms with Crippen molar-refractivity contribution in [3.05, 3.63) is 87.2 Å². The van der Waals surface area contributed by atoms with Gasteiger partial charge in [0, 0.05) is 0 Å². The fourth-order valence-electron chi connectivity index (χ4n) is 3.25. The van der Waals surface area contributed by atoms with Gasteiger partial charge >= 0.3 is 5.69 Å². The van der Waals surface area contributed by atoms with Gasteiger partial charge in [0.2, 0.25) is 5.91 Å². The molecule has 1 heterocycles. The van der Waals surface area contributed by atoms with E-state index in [2.05, 4.69) is 10.4 Å². The van der Waals surface area contributed by atoms with Gasteiger partial charge < -0.3 is 10.1 Å². The topological polar surface area (TPSA) is 99.3 Å². The summed E-state index contributed by atoms with van der Waals surface area (Å²) in [4.78, 5) is 23.5. The van der Waals surface area contributed by atoms with Gasteiger partial charge in [0.1, 0.15) is 23.7 Å². The predicted octanol–water partition coefficient (Wildman–Crippen LogP) is 3.32. The van der Waals surface area contributed by atoms with Crippen LogP contribution in [0.1, 0.15) is 28.6 Å². The van der Waals surface area contributed by atoms with Crippen molar-refractivity contribution in [1.29, 1.82) is 0 Å². The molecule has 1 N–H and O–H groups in total. The summed E-state index contributed by atoms with van der Waals surface area (Å²) >= 11 is 0. The third kappa shape index (κ3) is 4.43. The van der Waals surface area contributed by atoms with Crippen molar-refractivity contribution >= 4 is 11.6 Å². The van der Waals surface area contributed by atoms with Crippen LogP contribution in [0.2, 0.25) is 0 Å². The average Bonchev–Trinajstić information content (AvgIpc) is 3.00. The number of hydrogen-bond donors (Lipinski definition) is 1. The lowest BCUT2D eigenvalue weighted by molar-refractivity contribution is -0.386. The van der Waals surface area contributed by atoms with Crippen LogP contribution in [0.4, 0.5) is 5.69 Å². The van der Waals surface area contributed by atoms with Crippen LogP contribution in [0, 0.1) is 24.0 Å². The highest BCUT2D eigenvalue weighted by atomic mass is 16.6. The molecule has 3 rings (SSSR count). The Morgan fingerprint density at radius 3 is 2.31 bits per heavy atom. The fourth-order valence-corrected chi connectivity index (χ4v) is 3.25. The molecule has 0 saturated heterocycles. The maximum Gasteiger partial charge on any atom is 0.312 e. The molecule has 8 nitrogen and oxygen atoms in total. The Labute approximate surface area is 168 Å². The van der Waals surface area contributed by atoms with Gasteiger partial charge in [0.15, 0.2) is 0 Å². The van der Waals surface area contributed by atoms with E-state index in [1.165, 1.54) is 4.68 Å². The van der Waals surface area contributed by atoms with Crippen LogP contribution in [-0.2, 0) is 11.3 Å². The Hall–Kier alpha value is -3.68. The van der Waals surface area contributed by atoms with Crippen LogP contribution in [0.15, 0.2) is 54.6 Å². The molecule has 3 aromatic rings. The Morgan fingerprint density at radius 1 is 1.14 bits per heavy atom. The molecule has 0 aliphatic heterocycles. The summed E-state index contributed by atoms with van der Waals surface area (Å²) in [5.74, 6) is 0.428. The van der Waals surface area contributed by atoms with Crippen molar-refractivity contribution in [1.82, 2.24) is 15.1 Å². The van der Waals surface area contributed by atoms with Crippen molar-refractivity contribution in [3.8, 4) is 5.75 Å². The molecular formula is C21H22N4O4. The number of aryl methyl sites for hydroxylation is 1. The minimum Gasteiger partial charge on any atom is -0.497 e. The fraction of sp³-hybridized carbons (Fsp3) is 0.238. The van der Waals surface area contributed by atoms with E-state index in [9.17, 15) is 14.9 Å². The van der Waals surface area contributed by atoms with Gasteiger partial charge in [-0.15, -0.1) is 0 Å². The number of nitrogens with one attached hydrogen (secondary N) is 1. The highest BCUT2D eigenvalue weighted by molar-refractivity contribution is 5.77. The number of rotatable bonds is 7. The molecular weight excluding hydrogens is 372 g/mol. The first-order chi connectivity index (χ1) is 13.9. The standard InChI is InChI=1S/C21H22N4O4/c1-14-21(25(27)28)15(2)24(23-14)13-19(26)22-20(16-7-5-4-6-8-16)17-9-11-18(29-3)12-10-17/h4-12,20H,13H2,1-3H3,(H,22,26). The second-order valence-electron chi connectivity index (χ2n) is 6.62. The largest absolute Gasteiger partial charge is 0.497 e. The number of nitro groups is 1. The number of amides is 1. The van der Waals surface area contributed by atoms with Gasteiger partial charge in [-0.25, -0.2) is 0 Å². The molecule has 29 heavy (non-hydrogen) atoms. The molecule has 8 heteroatoms. The molecule has 0 aliphatic rings. The smallest absolute Gasteiger partial charge is 0.312 e. The zero-order valence-electron chi connectivity index (χ0n) is 16.5. The van der Waals surface area contributed by atoms with E-state index in [0.717, 1.165) is 16.9 Å². The lowest BCUT2D eigenvalue weighted by Gasteiger charge is -2.20. The molecule has 1 unspecified atom stereocenters. The number of carbonyl (C=O) groups excluding carboxylic acids is 1. The lowest BCUT2D eigenvalue weighted by Crippen LogP contribution is -2.32. The van der Waals surface area contributed by atoms with Crippen LogP contribution in [0.3, 0.4) is 0 Å². The van der Waals surface area contributed by atoms with Crippen molar-refractivity contribution in [2.24, 2.45) is 0 Å². The highest BCUT2D eigenvalue weighted by Gasteiger charge is 2.24. The normalized spacial score (nSPS) is 11.7. The lowest BCUT2D eigenvalue weighted by atomic mass is 9.98. The number of nitrogens with zero attached hydrogens (tertiary/aromatic N) is 3. The molecule has 0 spiro atoms. The molecule has 150 valence electrons. The monoisotopic (exact) mass is 394 g/mol. The van der Waals surface area contributed by atoms with Crippen LogP contribution in [0.5, 0.6) is 5.75 Å². The van der Waals surface area contributed by atoms with E-state index >= 15 is 0 Å². The van der Waals surface area contributed by atoms with E-state index in [0.29, 0.717) is 5.69 Å². The van der Waals surface area contributed by atoms with Crippen molar-refractivity contribution < 1.29 is 14.5 Å². The Kier molecular flexibility index (Phi) is 5.92. The van der Waals surface area contributed by atoms with Crippen molar-refractivity contribution in [2.75, 3.05) is 7.11 Å². The van der Waals surface area contributed by atoms with Crippen molar-refractivity contribution in [2.45, 2.75) is 26.4 Å². The summed E-state index contributed by atoms with van der Waals surface area (Å²) in [6.45, 7) is 3.03. The van der Waals surface area contributed by atoms with E-state index in [-0.39, 0.29) is 29.9 Å². The molecule has 1 aromatic heterocycles. The zero-order chi connectivity index (χ0) is 21.0. The van der Waals surface area contributed by atoms with Crippen molar-refractivity contribution in [3.63, 3.8) is 0 Å². The molecule has 0 fully saturated rings. The van der Waals surface area contributed by atoms with Gasteiger partial charge in [-0.05, 0) is 37.1 Å². The number of benzene rings is 2. The summed E-state index contributed by atoms with van der Waals surface area (Å²) in [6, 6.07) is 16.7. The first-order valence-electron chi connectivity index (χ1n) is 9.07. The Morgan fingerprint density at radius 2 is 1.76 bits per heavy atom. The van der Waals surface area contributed by atoms with Gasteiger partial charge in [-0.2, -0.15) is 5.10 Å². The first-order valence-corrected chi connectivity index (χ1v) is 9.07. The molecule has 0 bridgehead atoms. The number of ether oxygens (including phenoxy) is 1. The van der Waals surface area contributed by atoms with E-state index < -0.39 is 4.92 Å². The highest BCUT2D eigenvalue weighted by Crippen LogP contribution is 2.25. The summed E-state index contributed by atoms with van der Waals surface area (Å²) in [5.41, 5.74) is 2.39. The van der Waals surface area contributed by atoms with Crippen LogP contribution < -0.4 is 10.1 Å². The molecule has 0 radical (unpaired) electrons. The summed E-state index contributed by atoms with van der Waals surface area (Å²) in [6.07, 6.45) is 0. The summed E-state index contributed by atoms with van der Waals surface area (Å²) in [5, 5.41) is 18.3. The number of aromatic nitrogens is 2. The maximum absolute atomic E-state index is 12.8. The van der Waals surface area contributed by atoms with E-state index in [4.69, 9.17) is 4.74 Å². The third-order valence-electron chi connectivity index (χ3n) is 4.71. The molecule has 1 atom stereocenters. The number of carbonyl (C=O) groups is 1.